The summed E-state index contributed by atoms with van der Waals surface area (Å²) in [5.74, 6) is 0.842. The van der Waals surface area contributed by atoms with Crippen LogP contribution in [0, 0.1) is 6.07 Å². The van der Waals surface area contributed by atoms with Crippen molar-refractivity contribution in [3.05, 3.63) is 30.3 Å². The smallest absolute Gasteiger partial charge is 0.185 e. The summed E-state index contributed by atoms with van der Waals surface area (Å²) in [6, 6.07) is 10.5. The van der Waals surface area contributed by atoms with E-state index in [0.717, 1.165) is 25.2 Å². The van der Waals surface area contributed by atoms with Crippen LogP contribution in [0.5, 0.6) is 5.75 Å². The zero-order chi connectivity index (χ0) is 10.9. The van der Waals surface area contributed by atoms with E-state index in [1.165, 1.54) is 22.8 Å². The van der Waals surface area contributed by atoms with Crippen LogP contribution in [-0.4, -0.2) is 12.9 Å². The third kappa shape index (κ3) is 5.10. The van der Waals surface area contributed by atoms with Crippen molar-refractivity contribution in [2.75, 3.05) is 6.61 Å². The van der Waals surface area contributed by atoms with Crippen LogP contribution in [-0.2, 0) is 21.1 Å². The summed E-state index contributed by atoms with van der Waals surface area (Å²) in [5.41, 5.74) is 0. The van der Waals surface area contributed by atoms with Crippen molar-refractivity contribution in [2.24, 2.45) is 0 Å². The van der Waals surface area contributed by atoms with Crippen LogP contribution in [0.15, 0.2) is 24.3 Å². The third-order valence-electron chi connectivity index (χ3n) is 2.08. The first-order valence-corrected chi connectivity index (χ1v) is 11.9. The number of rotatable bonds is 2. The number of halogens is 1. The van der Waals surface area contributed by atoms with Gasteiger partial charge in [0.15, 0.2) is 6.29 Å². The summed E-state index contributed by atoms with van der Waals surface area (Å²) in [6.45, 7) is 0.821. The van der Waals surface area contributed by atoms with Gasteiger partial charge in [-0.2, -0.15) is 18.2 Å². The van der Waals surface area contributed by atoms with Gasteiger partial charge in [-0.05, 0) is 12.8 Å². The molecular formula is C11H13BrO2Zn. The van der Waals surface area contributed by atoms with Crippen molar-refractivity contribution in [3.63, 3.8) is 0 Å². The second kappa shape index (κ2) is 8.26. The van der Waals surface area contributed by atoms with Crippen molar-refractivity contribution in [1.29, 1.82) is 0 Å². The average Bonchev–Trinajstić information content (AvgIpc) is 2.34. The Bertz CT molecular complexity index is 250. The minimum absolute atomic E-state index is 0.0513. The monoisotopic (exact) mass is 320 g/mol. The Labute approximate surface area is 107 Å². The number of hydrogen-bond donors (Lipinski definition) is 0. The molecule has 2 nitrogen and oxygen atoms in total. The van der Waals surface area contributed by atoms with Crippen LogP contribution in [0.4, 0.5) is 0 Å². The van der Waals surface area contributed by atoms with Gasteiger partial charge < -0.3 is 9.47 Å². The second-order valence-electron chi connectivity index (χ2n) is 3.15. The van der Waals surface area contributed by atoms with Gasteiger partial charge in [0.25, 0.3) is 0 Å². The first-order chi connectivity index (χ1) is 7.45. The van der Waals surface area contributed by atoms with E-state index in [2.05, 4.69) is 19.7 Å². The van der Waals surface area contributed by atoms with Crippen LogP contribution in [0.3, 0.4) is 0 Å². The van der Waals surface area contributed by atoms with E-state index >= 15 is 0 Å². The van der Waals surface area contributed by atoms with E-state index < -0.39 is 0 Å². The summed E-state index contributed by atoms with van der Waals surface area (Å²) < 4.78 is 11.0. The minimum Gasteiger partial charge on any atom is -0.526 e. The van der Waals surface area contributed by atoms with Crippen molar-refractivity contribution >= 4 is 13.6 Å². The van der Waals surface area contributed by atoms with Gasteiger partial charge >= 0.3 is 30.0 Å². The molecule has 0 radical (unpaired) electrons. The van der Waals surface area contributed by atoms with Gasteiger partial charge in [-0.15, -0.1) is 12.1 Å². The predicted octanol–water partition coefficient (Wildman–Crippen LogP) is 3.24. The Hall–Kier alpha value is 0.0834. The van der Waals surface area contributed by atoms with E-state index in [1.807, 2.05) is 24.3 Å². The molecule has 78 valence electrons. The summed E-state index contributed by atoms with van der Waals surface area (Å²) in [7, 11) is 0. The Balaban J connectivity index is 0.000000531. The number of ether oxygens (including phenoxy) is 2. The Kier molecular flexibility index (Phi) is 7.24. The largest absolute Gasteiger partial charge is 0.526 e. The van der Waals surface area contributed by atoms with Crippen molar-refractivity contribution in [1.82, 2.24) is 0 Å². The van der Waals surface area contributed by atoms with Crippen LogP contribution in [0.25, 0.3) is 0 Å². The molecule has 0 N–H and O–H groups in total. The SMILES string of the molecule is [Zn+][Br].[c-]1cccc(OC2CCCCO2)c1. The molecule has 0 amide bonds. The standard InChI is InChI=1S/C11H13O2.BrH.Zn/c1-2-6-10(7-3-1)13-11-8-4-5-9-12-11;;/h1-2,6-7,11H,4-5,8-9H2;1H;/q-1;;+2/p-1. The van der Waals surface area contributed by atoms with E-state index in [-0.39, 0.29) is 6.29 Å². The molecule has 2 rings (SSSR count). The van der Waals surface area contributed by atoms with Gasteiger partial charge in [-0.1, -0.05) is 0 Å². The maximum Gasteiger partial charge on any atom is 0.185 e. The summed E-state index contributed by atoms with van der Waals surface area (Å²) in [5, 5.41) is 0. The van der Waals surface area contributed by atoms with Crippen LogP contribution in [0.1, 0.15) is 19.3 Å². The first-order valence-electron chi connectivity index (χ1n) is 4.96. The fourth-order valence-electron chi connectivity index (χ4n) is 1.41. The van der Waals surface area contributed by atoms with E-state index in [9.17, 15) is 0 Å². The molecule has 1 fully saturated rings. The van der Waals surface area contributed by atoms with Crippen LogP contribution < -0.4 is 4.74 Å². The molecule has 1 saturated heterocycles. The summed E-state index contributed by atoms with van der Waals surface area (Å²) >= 11 is 4.25. The molecule has 1 aliphatic rings. The van der Waals surface area contributed by atoms with E-state index in [4.69, 9.17) is 9.47 Å². The van der Waals surface area contributed by atoms with Gasteiger partial charge in [-0.25, -0.2) is 0 Å². The molecule has 0 saturated carbocycles. The minimum atomic E-state index is -0.0513. The molecule has 0 aromatic heterocycles. The Morgan fingerprint density at radius 2 is 2.33 bits per heavy atom. The Morgan fingerprint density at radius 1 is 1.47 bits per heavy atom. The number of benzene rings is 1. The molecule has 1 aromatic carbocycles. The zero-order valence-electron chi connectivity index (χ0n) is 8.62. The molecule has 1 unspecified atom stereocenters. The molecule has 4 heteroatoms. The number of hydrogen-bond acceptors (Lipinski definition) is 2. The molecule has 1 aromatic rings. The van der Waals surface area contributed by atoms with Crippen molar-refractivity contribution in [2.45, 2.75) is 25.6 Å². The predicted molar refractivity (Wildman–Crippen MR) is 58.4 cm³/mol. The second-order valence-corrected chi connectivity index (χ2v) is 3.15. The van der Waals surface area contributed by atoms with E-state index in [0.29, 0.717) is 0 Å². The van der Waals surface area contributed by atoms with Crippen LogP contribution in [0.2, 0.25) is 0 Å². The molecular weight excluding hydrogens is 309 g/mol. The summed E-state index contributed by atoms with van der Waals surface area (Å²) in [6.07, 6.45) is 3.29. The van der Waals surface area contributed by atoms with Gasteiger partial charge in [0.05, 0.1) is 6.61 Å². The zero-order valence-corrected chi connectivity index (χ0v) is 13.2. The maximum absolute atomic E-state index is 5.60. The van der Waals surface area contributed by atoms with Crippen molar-refractivity contribution in [3.8, 4) is 5.75 Å². The summed E-state index contributed by atoms with van der Waals surface area (Å²) in [4.78, 5) is 0. The molecule has 1 aliphatic heterocycles. The molecule has 15 heavy (non-hydrogen) atoms. The maximum atomic E-state index is 5.60. The van der Waals surface area contributed by atoms with Crippen LogP contribution >= 0.6 is 13.6 Å². The van der Waals surface area contributed by atoms with Gasteiger partial charge in [-0.3, -0.25) is 0 Å². The molecule has 1 heterocycles. The molecule has 1 atom stereocenters. The fraction of sp³-hybridized carbons (Fsp3) is 0.455. The third-order valence-corrected chi connectivity index (χ3v) is 2.08. The van der Waals surface area contributed by atoms with Gasteiger partial charge in [0.2, 0.25) is 0 Å². The van der Waals surface area contributed by atoms with E-state index in [1.54, 1.807) is 0 Å². The molecule has 0 aliphatic carbocycles. The van der Waals surface area contributed by atoms with Gasteiger partial charge in [0.1, 0.15) is 0 Å². The molecule has 0 spiro atoms. The van der Waals surface area contributed by atoms with Crippen molar-refractivity contribution < 1.29 is 25.8 Å². The topological polar surface area (TPSA) is 18.5 Å². The quantitative estimate of drug-likeness (QED) is 0.615. The average molecular weight is 323 g/mol. The first kappa shape index (κ1) is 13.1. The normalized spacial score (nSPS) is 20.1. The van der Waals surface area contributed by atoms with Gasteiger partial charge in [0, 0.05) is 12.2 Å². The molecule has 0 bridgehead atoms. The Morgan fingerprint density at radius 3 is 2.93 bits per heavy atom. The fourth-order valence-corrected chi connectivity index (χ4v) is 1.41.